The average molecular weight is 503 g/mol. The molecule has 3 heterocycles. The molecule has 0 radical (unpaired) electrons. The lowest BCUT2D eigenvalue weighted by Crippen LogP contribution is -2.07. The van der Waals surface area contributed by atoms with Gasteiger partial charge in [-0.3, -0.25) is 14.0 Å². The molecule has 0 aliphatic rings. The van der Waals surface area contributed by atoms with Crippen molar-refractivity contribution in [3.8, 4) is 28.2 Å². The van der Waals surface area contributed by atoms with Gasteiger partial charge in [-0.05, 0) is 19.1 Å². The number of aryl methyl sites for hydroxylation is 1. The van der Waals surface area contributed by atoms with Crippen LogP contribution >= 0.6 is 11.3 Å². The predicted octanol–water partition coefficient (Wildman–Crippen LogP) is 6.66. The van der Waals surface area contributed by atoms with E-state index >= 15 is 0 Å². The zero-order chi connectivity index (χ0) is 25.5. The first-order valence-corrected chi connectivity index (χ1v) is 12.7. The number of Topliss-reactive ketones (excluding diaryl/α,β-unsaturated/α-hetero) is 1. The topological polar surface area (TPSA) is 69.3 Å². The number of para-hydroxylation sites is 1. The second kappa shape index (κ2) is 9.11. The number of nitrogens with zero attached hydrogens (tertiary/aromatic N) is 4. The average Bonchev–Trinajstić information content (AvgIpc) is 3.63. The molecule has 37 heavy (non-hydrogen) atoms. The lowest BCUT2D eigenvalue weighted by molar-refractivity contribution is 0.0988. The van der Waals surface area contributed by atoms with Crippen LogP contribution in [-0.2, 0) is 0 Å². The molecule has 0 N–H and O–H groups in total. The van der Waals surface area contributed by atoms with E-state index in [1.165, 1.54) is 18.3 Å². The number of hydrogen-bond acceptors (Lipinski definition) is 5. The number of aromatic nitrogens is 4. The van der Waals surface area contributed by atoms with Gasteiger partial charge in [0, 0.05) is 29.9 Å². The van der Waals surface area contributed by atoms with Crippen molar-refractivity contribution < 1.29 is 9.59 Å². The van der Waals surface area contributed by atoms with Crippen LogP contribution in [0, 0.1) is 6.92 Å². The van der Waals surface area contributed by atoms with Crippen molar-refractivity contribution in [2.45, 2.75) is 13.8 Å². The molecule has 6 rings (SSSR count). The van der Waals surface area contributed by atoms with Crippen molar-refractivity contribution in [1.29, 1.82) is 0 Å². The molecule has 0 aliphatic heterocycles. The third kappa shape index (κ3) is 3.90. The minimum atomic E-state index is -0.256. The summed E-state index contributed by atoms with van der Waals surface area (Å²) in [6, 6.07) is 29.6. The van der Waals surface area contributed by atoms with Crippen molar-refractivity contribution in [2.24, 2.45) is 0 Å². The Labute approximate surface area is 217 Å². The number of imidazole rings is 1. The Morgan fingerprint density at radius 3 is 2.03 bits per heavy atom. The van der Waals surface area contributed by atoms with Crippen LogP contribution < -0.4 is 0 Å². The van der Waals surface area contributed by atoms with Gasteiger partial charge in [0.05, 0.1) is 27.5 Å². The summed E-state index contributed by atoms with van der Waals surface area (Å²) >= 11 is 1.33. The molecule has 0 amide bonds. The summed E-state index contributed by atoms with van der Waals surface area (Å²) in [6.07, 6.45) is 1.64. The van der Waals surface area contributed by atoms with Crippen molar-refractivity contribution in [2.75, 3.05) is 0 Å². The quantitative estimate of drug-likeness (QED) is 0.239. The highest BCUT2D eigenvalue weighted by atomic mass is 32.1. The second-order valence-electron chi connectivity index (χ2n) is 8.73. The van der Waals surface area contributed by atoms with E-state index in [2.05, 4.69) is 5.10 Å². The van der Waals surface area contributed by atoms with E-state index in [1.54, 1.807) is 10.9 Å². The largest absolute Gasteiger partial charge is 0.293 e. The second-order valence-corrected chi connectivity index (χ2v) is 9.71. The summed E-state index contributed by atoms with van der Waals surface area (Å²) in [7, 11) is 0. The van der Waals surface area contributed by atoms with Gasteiger partial charge in [-0.2, -0.15) is 5.10 Å². The highest BCUT2D eigenvalue weighted by molar-refractivity contribution is 7.19. The number of rotatable bonds is 6. The third-order valence-corrected chi connectivity index (χ3v) is 7.46. The van der Waals surface area contributed by atoms with Crippen molar-refractivity contribution >= 4 is 27.9 Å². The molecule has 0 saturated carbocycles. The standard InChI is InChI=1S/C30H22N4O2S/c1-19-29(28(36)24-18-33(32-25(24)20(2)35)23-16-10-5-11-17-23)37-30-31-26(21-12-6-3-7-13-21)27(34(19)30)22-14-8-4-9-15-22/h3-18H,1-2H3. The number of benzene rings is 3. The molecule has 0 atom stereocenters. The zero-order valence-corrected chi connectivity index (χ0v) is 21.1. The van der Waals surface area contributed by atoms with Crippen LogP contribution in [-0.4, -0.2) is 30.7 Å². The van der Waals surface area contributed by atoms with Gasteiger partial charge in [0.25, 0.3) is 0 Å². The van der Waals surface area contributed by atoms with Crippen molar-refractivity contribution in [1.82, 2.24) is 19.2 Å². The van der Waals surface area contributed by atoms with Gasteiger partial charge in [-0.1, -0.05) is 90.2 Å². The van der Waals surface area contributed by atoms with Crippen LogP contribution in [0.2, 0.25) is 0 Å². The molecule has 3 aromatic carbocycles. The molecule has 0 saturated heterocycles. The molecule has 0 fully saturated rings. The number of fused-ring (bicyclic) bond motifs is 1. The summed E-state index contributed by atoms with van der Waals surface area (Å²) in [5, 5.41) is 4.45. The Balaban J connectivity index is 1.53. The molecular weight excluding hydrogens is 480 g/mol. The Morgan fingerprint density at radius 2 is 1.41 bits per heavy atom. The van der Waals surface area contributed by atoms with Crippen LogP contribution in [0.5, 0.6) is 0 Å². The van der Waals surface area contributed by atoms with Gasteiger partial charge in [0.15, 0.2) is 10.7 Å². The number of carbonyl (C=O) groups is 2. The maximum atomic E-state index is 13.9. The molecule has 3 aromatic heterocycles. The maximum Gasteiger partial charge on any atom is 0.208 e. The number of thiazole rings is 1. The van der Waals surface area contributed by atoms with Crippen LogP contribution in [0.25, 0.3) is 33.2 Å². The van der Waals surface area contributed by atoms with Crippen LogP contribution in [0.15, 0.2) is 97.2 Å². The zero-order valence-electron chi connectivity index (χ0n) is 20.3. The minimum absolute atomic E-state index is 0.160. The summed E-state index contributed by atoms with van der Waals surface area (Å²) < 4.78 is 3.63. The third-order valence-electron chi connectivity index (χ3n) is 6.32. The number of ketones is 2. The molecule has 0 aliphatic carbocycles. The van der Waals surface area contributed by atoms with E-state index in [9.17, 15) is 9.59 Å². The van der Waals surface area contributed by atoms with Crippen LogP contribution in [0.1, 0.15) is 38.3 Å². The highest BCUT2D eigenvalue weighted by Gasteiger charge is 2.28. The summed E-state index contributed by atoms with van der Waals surface area (Å²) in [5.74, 6) is -0.492. The Kier molecular flexibility index (Phi) is 5.62. The van der Waals surface area contributed by atoms with Crippen molar-refractivity contribution in [3.05, 3.63) is 119 Å². The fraction of sp³-hybridized carbons (Fsp3) is 0.0667. The molecule has 6 aromatic rings. The van der Waals surface area contributed by atoms with E-state index < -0.39 is 0 Å². The monoisotopic (exact) mass is 502 g/mol. The van der Waals surface area contributed by atoms with Gasteiger partial charge < -0.3 is 0 Å². The lowest BCUT2D eigenvalue weighted by Gasteiger charge is -2.07. The number of hydrogen-bond donors (Lipinski definition) is 0. The first-order chi connectivity index (χ1) is 18.0. The van der Waals surface area contributed by atoms with Gasteiger partial charge in [-0.15, -0.1) is 0 Å². The van der Waals surface area contributed by atoms with E-state index in [-0.39, 0.29) is 22.8 Å². The molecule has 0 bridgehead atoms. The predicted molar refractivity (Wildman–Crippen MR) is 146 cm³/mol. The SMILES string of the molecule is CC(=O)c1nn(-c2ccccc2)cc1C(=O)c1sc2nc(-c3ccccc3)c(-c3ccccc3)n2c1C. The fourth-order valence-corrected chi connectivity index (χ4v) is 5.63. The van der Waals surface area contributed by atoms with E-state index in [0.29, 0.717) is 4.88 Å². The van der Waals surface area contributed by atoms with E-state index in [4.69, 9.17) is 4.98 Å². The summed E-state index contributed by atoms with van der Waals surface area (Å²) in [5.41, 5.74) is 5.81. The first kappa shape index (κ1) is 22.8. The lowest BCUT2D eigenvalue weighted by atomic mass is 10.0. The van der Waals surface area contributed by atoms with E-state index in [1.807, 2.05) is 102 Å². The maximum absolute atomic E-state index is 13.9. The van der Waals surface area contributed by atoms with Crippen molar-refractivity contribution in [3.63, 3.8) is 0 Å². The number of carbonyl (C=O) groups excluding carboxylic acids is 2. The molecule has 180 valence electrons. The van der Waals surface area contributed by atoms with Gasteiger partial charge in [0.2, 0.25) is 5.78 Å². The van der Waals surface area contributed by atoms with Crippen LogP contribution in [0.4, 0.5) is 0 Å². The summed E-state index contributed by atoms with van der Waals surface area (Å²) in [6.45, 7) is 3.36. The Hall–Kier alpha value is -4.62. The smallest absolute Gasteiger partial charge is 0.208 e. The van der Waals surface area contributed by atoms with Gasteiger partial charge >= 0.3 is 0 Å². The Bertz CT molecular complexity index is 1760. The fourth-order valence-electron chi connectivity index (χ4n) is 4.55. The highest BCUT2D eigenvalue weighted by Crippen LogP contribution is 2.38. The molecular formula is C30H22N4O2S. The Morgan fingerprint density at radius 1 is 0.811 bits per heavy atom. The summed E-state index contributed by atoms with van der Waals surface area (Å²) in [4.78, 5) is 32.5. The first-order valence-electron chi connectivity index (χ1n) is 11.9. The van der Waals surface area contributed by atoms with E-state index in [0.717, 1.165) is 38.9 Å². The van der Waals surface area contributed by atoms with Gasteiger partial charge in [-0.25, -0.2) is 9.67 Å². The van der Waals surface area contributed by atoms with Crippen LogP contribution in [0.3, 0.4) is 0 Å². The molecule has 7 heteroatoms. The molecule has 6 nitrogen and oxygen atoms in total. The minimum Gasteiger partial charge on any atom is -0.293 e. The molecule has 0 unspecified atom stereocenters. The molecule has 0 spiro atoms. The normalized spacial score (nSPS) is 11.2. The van der Waals surface area contributed by atoms with Gasteiger partial charge in [0.1, 0.15) is 5.69 Å².